The number of anilines is 1. The average Bonchev–Trinajstić information content (AvgIpc) is 2.29. The standard InChI is InChI=1S/C11H9F2N3O2/c12-8-3-7(14)2-1-6(8)4-16-5-9(13)10(17)15-11(16)18/h1-3,5H,4,14H2,(H,15,17,18). The SMILES string of the molecule is Nc1ccc(Cn2cc(F)c(=O)[nH]c2=O)c(F)c1. The summed E-state index contributed by atoms with van der Waals surface area (Å²) in [6.45, 7) is -0.196. The van der Waals surface area contributed by atoms with Gasteiger partial charge in [0.05, 0.1) is 12.7 Å². The molecule has 7 heteroatoms. The summed E-state index contributed by atoms with van der Waals surface area (Å²) in [6, 6.07) is 3.95. The molecule has 0 unspecified atom stereocenters. The number of nitrogens with one attached hydrogen (secondary N) is 1. The zero-order chi connectivity index (χ0) is 13.3. The minimum absolute atomic E-state index is 0.165. The molecule has 2 aromatic rings. The average molecular weight is 253 g/mol. The molecule has 0 fully saturated rings. The fraction of sp³-hybridized carbons (Fsp3) is 0.0909. The third kappa shape index (κ3) is 2.29. The summed E-state index contributed by atoms with van der Waals surface area (Å²) < 4.78 is 27.4. The largest absolute Gasteiger partial charge is 0.399 e. The third-order valence-corrected chi connectivity index (χ3v) is 2.39. The molecule has 0 aliphatic carbocycles. The Hall–Kier alpha value is -2.44. The molecule has 3 N–H and O–H groups in total. The van der Waals surface area contributed by atoms with Crippen LogP contribution in [-0.4, -0.2) is 9.55 Å². The van der Waals surface area contributed by atoms with E-state index in [0.717, 1.165) is 16.8 Å². The maximum atomic E-state index is 13.5. The smallest absolute Gasteiger partial charge is 0.328 e. The monoisotopic (exact) mass is 253 g/mol. The molecule has 0 bridgehead atoms. The van der Waals surface area contributed by atoms with E-state index in [-0.39, 0.29) is 17.8 Å². The molecule has 0 saturated heterocycles. The van der Waals surface area contributed by atoms with Crippen molar-refractivity contribution in [3.8, 4) is 0 Å². The van der Waals surface area contributed by atoms with Crippen LogP contribution < -0.4 is 17.0 Å². The quantitative estimate of drug-likeness (QED) is 0.762. The Kier molecular flexibility index (Phi) is 2.97. The molecular weight excluding hydrogens is 244 g/mol. The second-order valence-electron chi connectivity index (χ2n) is 3.72. The molecule has 18 heavy (non-hydrogen) atoms. The van der Waals surface area contributed by atoms with Crippen molar-refractivity contribution in [2.45, 2.75) is 6.54 Å². The molecule has 1 heterocycles. The molecular formula is C11H9F2N3O2. The summed E-state index contributed by atoms with van der Waals surface area (Å²) in [5.41, 5.74) is 3.88. The van der Waals surface area contributed by atoms with Crippen LogP contribution in [0.1, 0.15) is 5.56 Å². The van der Waals surface area contributed by atoms with Gasteiger partial charge in [0.15, 0.2) is 0 Å². The number of rotatable bonds is 2. The van der Waals surface area contributed by atoms with E-state index in [0.29, 0.717) is 0 Å². The van der Waals surface area contributed by atoms with Crippen LogP contribution in [0.4, 0.5) is 14.5 Å². The van der Waals surface area contributed by atoms with Gasteiger partial charge in [-0.15, -0.1) is 0 Å². The maximum Gasteiger partial charge on any atom is 0.328 e. The molecule has 2 rings (SSSR count). The van der Waals surface area contributed by atoms with Gasteiger partial charge in [-0.3, -0.25) is 14.3 Å². The first-order chi connectivity index (χ1) is 8.47. The van der Waals surface area contributed by atoms with Gasteiger partial charge in [-0.25, -0.2) is 9.18 Å². The second-order valence-corrected chi connectivity index (χ2v) is 3.72. The number of nitrogen functional groups attached to an aromatic ring is 1. The predicted octanol–water partition coefficient (Wildman–Crippen LogP) is 0.445. The van der Waals surface area contributed by atoms with Gasteiger partial charge >= 0.3 is 5.69 Å². The van der Waals surface area contributed by atoms with Gasteiger partial charge in [0.25, 0.3) is 5.56 Å². The fourth-order valence-electron chi connectivity index (χ4n) is 1.48. The number of hydrogen-bond donors (Lipinski definition) is 2. The number of aromatic amines is 1. The van der Waals surface area contributed by atoms with E-state index in [1.165, 1.54) is 12.1 Å². The number of halogens is 2. The predicted molar refractivity (Wildman–Crippen MR) is 61.2 cm³/mol. The van der Waals surface area contributed by atoms with Crippen molar-refractivity contribution >= 4 is 5.69 Å². The van der Waals surface area contributed by atoms with Crippen LogP contribution in [0, 0.1) is 11.6 Å². The summed E-state index contributed by atoms with van der Waals surface area (Å²) in [4.78, 5) is 24.0. The van der Waals surface area contributed by atoms with Gasteiger partial charge in [-0.1, -0.05) is 6.07 Å². The second kappa shape index (κ2) is 4.44. The summed E-state index contributed by atoms with van der Waals surface area (Å²) in [5.74, 6) is -1.71. The summed E-state index contributed by atoms with van der Waals surface area (Å²) in [7, 11) is 0. The van der Waals surface area contributed by atoms with Crippen molar-refractivity contribution in [3.05, 3.63) is 62.4 Å². The number of nitrogens with zero attached hydrogens (tertiary/aromatic N) is 1. The first kappa shape index (κ1) is 12.0. The highest BCUT2D eigenvalue weighted by Gasteiger charge is 2.07. The first-order valence-corrected chi connectivity index (χ1v) is 5.00. The highest BCUT2D eigenvalue weighted by Crippen LogP contribution is 2.12. The Morgan fingerprint density at radius 1 is 1.22 bits per heavy atom. The summed E-state index contributed by atoms with van der Waals surface area (Å²) in [6.07, 6.45) is 0.733. The van der Waals surface area contributed by atoms with Crippen LogP contribution >= 0.6 is 0 Å². The van der Waals surface area contributed by atoms with Gasteiger partial charge in [-0.2, -0.15) is 4.39 Å². The highest BCUT2D eigenvalue weighted by molar-refractivity contribution is 5.40. The number of H-pyrrole nitrogens is 1. The molecule has 5 nitrogen and oxygen atoms in total. The van der Waals surface area contributed by atoms with Crippen LogP contribution in [0.2, 0.25) is 0 Å². The Morgan fingerprint density at radius 2 is 1.94 bits per heavy atom. The number of hydrogen-bond acceptors (Lipinski definition) is 3. The van der Waals surface area contributed by atoms with Crippen LogP contribution in [-0.2, 0) is 6.54 Å². The summed E-state index contributed by atoms with van der Waals surface area (Å²) in [5, 5.41) is 0. The van der Waals surface area contributed by atoms with Crippen molar-refractivity contribution in [3.63, 3.8) is 0 Å². The molecule has 0 radical (unpaired) electrons. The first-order valence-electron chi connectivity index (χ1n) is 5.00. The number of aromatic nitrogens is 2. The number of nitrogens with two attached hydrogens (primary N) is 1. The molecule has 0 aliphatic rings. The molecule has 0 aliphatic heterocycles. The van der Waals surface area contributed by atoms with Crippen molar-refractivity contribution in [2.75, 3.05) is 5.73 Å². The van der Waals surface area contributed by atoms with Gasteiger partial charge in [0.1, 0.15) is 5.82 Å². The fourth-order valence-corrected chi connectivity index (χ4v) is 1.48. The molecule has 0 amide bonds. The van der Waals surface area contributed by atoms with E-state index in [9.17, 15) is 18.4 Å². The maximum absolute atomic E-state index is 13.5. The van der Waals surface area contributed by atoms with Crippen molar-refractivity contribution in [1.82, 2.24) is 9.55 Å². The lowest BCUT2D eigenvalue weighted by Gasteiger charge is -2.06. The van der Waals surface area contributed by atoms with Crippen LogP contribution in [0.15, 0.2) is 34.0 Å². The zero-order valence-electron chi connectivity index (χ0n) is 9.11. The van der Waals surface area contributed by atoms with Gasteiger partial charge < -0.3 is 5.73 Å². The van der Waals surface area contributed by atoms with Crippen molar-refractivity contribution in [1.29, 1.82) is 0 Å². The number of benzene rings is 1. The zero-order valence-corrected chi connectivity index (χ0v) is 9.11. The topological polar surface area (TPSA) is 80.9 Å². The van der Waals surface area contributed by atoms with Crippen LogP contribution in [0.5, 0.6) is 0 Å². The van der Waals surface area contributed by atoms with E-state index in [1.807, 2.05) is 0 Å². The van der Waals surface area contributed by atoms with E-state index >= 15 is 0 Å². The van der Waals surface area contributed by atoms with Gasteiger partial charge in [-0.05, 0) is 12.1 Å². The Bertz CT molecular complexity index is 706. The van der Waals surface area contributed by atoms with Crippen LogP contribution in [0.25, 0.3) is 0 Å². The lowest BCUT2D eigenvalue weighted by atomic mass is 10.2. The molecule has 94 valence electrons. The van der Waals surface area contributed by atoms with Gasteiger partial charge in [0.2, 0.25) is 5.82 Å². The molecule has 0 saturated carbocycles. The summed E-state index contributed by atoms with van der Waals surface area (Å²) >= 11 is 0. The van der Waals surface area contributed by atoms with Crippen molar-refractivity contribution in [2.24, 2.45) is 0 Å². The Morgan fingerprint density at radius 3 is 2.61 bits per heavy atom. The highest BCUT2D eigenvalue weighted by atomic mass is 19.1. The van der Waals surface area contributed by atoms with E-state index in [4.69, 9.17) is 5.73 Å². The Labute approximate surface area is 99.5 Å². The minimum atomic E-state index is -1.11. The molecule has 0 spiro atoms. The third-order valence-electron chi connectivity index (χ3n) is 2.39. The normalized spacial score (nSPS) is 10.6. The molecule has 1 aromatic heterocycles. The minimum Gasteiger partial charge on any atom is -0.399 e. The van der Waals surface area contributed by atoms with E-state index in [2.05, 4.69) is 0 Å². The molecule has 1 aromatic carbocycles. The van der Waals surface area contributed by atoms with Gasteiger partial charge in [0, 0.05) is 11.3 Å². The Balaban J connectivity index is 2.43. The lowest BCUT2D eigenvalue weighted by molar-refractivity contribution is 0.553. The lowest BCUT2D eigenvalue weighted by Crippen LogP contribution is -2.31. The molecule has 0 atom stereocenters. The van der Waals surface area contributed by atoms with E-state index < -0.39 is 22.9 Å². The van der Waals surface area contributed by atoms with E-state index in [1.54, 1.807) is 4.98 Å². The van der Waals surface area contributed by atoms with Crippen molar-refractivity contribution < 1.29 is 8.78 Å². The van der Waals surface area contributed by atoms with Crippen LogP contribution in [0.3, 0.4) is 0 Å².